The minimum Gasteiger partial charge on any atom is -0.383 e. The standard InChI is InChI=1S/C24H26N3O3P/c1-4-30-31(29,5-2)27-20-14-12-19(13-15-20)24(28)26-17-16-25-23-11-7-9-21-18(3)8-6-10-22(21)23/h2,6-15,25H,4,16-17H2,1,3H3,(H,26,28)(H,27,29). The highest BCUT2D eigenvalue weighted by Gasteiger charge is 2.19. The molecule has 0 saturated carbocycles. The zero-order valence-electron chi connectivity index (χ0n) is 17.6. The van der Waals surface area contributed by atoms with E-state index < -0.39 is 7.52 Å². The lowest BCUT2D eigenvalue weighted by molar-refractivity contribution is 0.0955. The van der Waals surface area contributed by atoms with Crippen LogP contribution in [-0.4, -0.2) is 25.6 Å². The maximum absolute atomic E-state index is 12.4. The van der Waals surface area contributed by atoms with E-state index in [-0.39, 0.29) is 12.5 Å². The van der Waals surface area contributed by atoms with Crippen LogP contribution in [0.5, 0.6) is 0 Å². The third-order valence-electron chi connectivity index (χ3n) is 4.77. The van der Waals surface area contributed by atoms with E-state index in [2.05, 4.69) is 46.5 Å². The van der Waals surface area contributed by atoms with Crippen LogP contribution in [0.3, 0.4) is 0 Å². The van der Waals surface area contributed by atoms with Crippen LogP contribution in [0.2, 0.25) is 0 Å². The third kappa shape index (κ3) is 5.67. The number of terminal acetylenes is 1. The van der Waals surface area contributed by atoms with E-state index in [0.29, 0.717) is 24.3 Å². The number of nitrogens with one attached hydrogen (secondary N) is 3. The van der Waals surface area contributed by atoms with Gasteiger partial charge in [-0.1, -0.05) is 30.3 Å². The molecule has 0 spiro atoms. The molecular weight excluding hydrogens is 409 g/mol. The Balaban J connectivity index is 1.53. The second-order valence-electron chi connectivity index (χ2n) is 6.95. The van der Waals surface area contributed by atoms with Gasteiger partial charge in [0.1, 0.15) is 0 Å². The first-order chi connectivity index (χ1) is 15.0. The topological polar surface area (TPSA) is 79.5 Å². The average Bonchev–Trinajstić information content (AvgIpc) is 2.77. The second-order valence-corrected chi connectivity index (χ2v) is 8.79. The largest absolute Gasteiger partial charge is 0.383 e. The van der Waals surface area contributed by atoms with E-state index >= 15 is 0 Å². The van der Waals surface area contributed by atoms with E-state index in [4.69, 9.17) is 10.9 Å². The normalized spacial score (nSPS) is 12.5. The number of amides is 1. The number of carbonyl (C=O) groups is 1. The molecule has 0 fully saturated rings. The number of rotatable bonds is 9. The van der Waals surface area contributed by atoms with Crippen molar-refractivity contribution >= 4 is 35.6 Å². The predicted octanol–water partition coefficient (Wildman–Crippen LogP) is 5.22. The summed E-state index contributed by atoms with van der Waals surface area (Å²) in [6.07, 6.45) is 5.30. The monoisotopic (exact) mass is 435 g/mol. The summed E-state index contributed by atoms with van der Waals surface area (Å²) in [6.45, 7) is 5.11. The first kappa shape index (κ1) is 22.4. The highest BCUT2D eigenvalue weighted by molar-refractivity contribution is 7.65. The van der Waals surface area contributed by atoms with Crippen molar-refractivity contribution in [2.45, 2.75) is 13.8 Å². The fraction of sp³-hybridized carbons (Fsp3) is 0.208. The van der Waals surface area contributed by atoms with E-state index in [1.165, 1.54) is 10.9 Å². The number of carbonyl (C=O) groups excluding carboxylic acids is 1. The highest BCUT2D eigenvalue weighted by atomic mass is 31.2. The third-order valence-corrected chi connectivity index (χ3v) is 6.28. The van der Waals surface area contributed by atoms with Crippen LogP contribution in [0.4, 0.5) is 11.4 Å². The van der Waals surface area contributed by atoms with Gasteiger partial charge in [0.15, 0.2) is 0 Å². The molecule has 3 aromatic rings. The number of benzene rings is 3. The van der Waals surface area contributed by atoms with Crippen LogP contribution in [0.15, 0.2) is 60.7 Å². The molecule has 0 aromatic heterocycles. The van der Waals surface area contributed by atoms with Crippen molar-refractivity contribution < 1.29 is 13.9 Å². The lowest BCUT2D eigenvalue weighted by Gasteiger charge is -2.14. The Bertz CT molecular complexity index is 1150. The van der Waals surface area contributed by atoms with Crippen LogP contribution >= 0.6 is 7.52 Å². The van der Waals surface area contributed by atoms with Crippen molar-refractivity contribution in [3.8, 4) is 12.1 Å². The average molecular weight is 435 g/mol. The molecule has 0 aliphatic heterocycles. The summed E-state index contributed by atoms with van der Waals surface area (Å²) in [7, 11) is -3.36. The molecular formula is C24H26N3O3P. The molecule has 7 heteroatoms. The smallest absolute Gasteiger partial charge is 0.367 e. The minimum absolute atomic E-state index is 0.188. The summed E-state index contributed by atoms with van der Waals surface area (Å²) in [5.74, 6) is -0.188. The summed E-state index contributed by atoms with van der Waals surface area (Å²) in [5, 5.41) is 11.4. The molecule has 31 heavy (non-hydrogen) atoms. The van der Waals surface area contributed by atoms with Gasteiger partial charge < -0.3 is 20.2 Å². The fourth-order valence-electron chi connectivity index (χ4n) is 3.25. The van der Waals surface area contributed by atoms with E-state index in [9.17, 15) is 9.36 Å². The second kappa shape index (κ2) is 10.2. The number of hydrogen-bond donors (Lipinski definition) is 3. The van der Waals surface area contributed by atoms with Crippen molar-refractivity contribution in [2.24, 2.45) is 0 Å². The molecule has 1 amide bonds. The summed E-state index contributed by atoms with van der Waals surface area (Å²) >= 11 is 0. The molecule has 3 rings (SSSR count). The molecule has 6 nitrogen and oxygen atoms in total. The number of anilines is 2. The molecule has 0 radical (unpaired) electrons. The van der Waals surface area contributed by atoms with Crippen molar-refractivity contribution in [1.82, 2.24) is 5.32 Å². The van der Waals surface area contributed by atoms with E-state index in [1.807, 2.05) is 18.2 Å². The zero-order chi connectivity index (χ0) is 22.3. The molecule has 0 heterocycles. The van der Waals surface area contributed by atoms with Gasteiger partial charge in [0.25, 0.3) is 5.91 Å². The number of hydrogen-bond acceptors (Lipinski definition) is 4. The summed E-state index contributed by atoms with van der Waals surface area (Å²) in [5.41, 5.74) is 5.46. The first-order valence-electron chi connectivity index (χ1n) is 10.1. The van der Waals surface area contributed by atoms with Gasteiger partial charge in [0.2, 0.25) is 0 Å². The van der Waals surface area contributed by atoms with Crippen LogP contribution in [0, 0.1) is 19.0 Å². The molecule has 0 saturated heterocycles. The lowest BCUT2D eigenvalue weighted by Crippen LogP contribution is -2.28. The van der Waals surface area contributed by atoms with Gasteiger partial charge in [0, 0.05) is 41.1 Å². The molecule has 1 atom stereocenters. The van der Waals surface area contributed by atoms with Gasteiger partial charge in [-0.25, -0.2) is 0 Å². The highest BCUT2D eigenvalue weighted by Crippen LogP contribution is 2.45. The summed E-state index contributed by atoms with van der Waals surface area (Å²) in [6, 6.07) is 19.0. The molecule has 0 aliphatic rings. The number of fused-ring (bicyclic) bond motifs is 1. The lowest BCUT2D eigenvalue weighted by atomic mass is 10.0. The Hall–Kier alpha value is -3.26. The van der Waals surface area contributed by atoms with Gasteiger partial charge in [-0.2, -0.15) is 0 Å². The zero-order valence-corrected chi connectivity index (χ0v) is 18.5. The molecule has 160 valence electrons. The number of aryl methyl sites for hydroxylation is 1. The van der Waals surface area contributed by atoms with Gasteiger partial charge >= 0.3 is 7.52 Å². The predicted molar refractivity (Wildman–Crippen MR) is 128 cm³/mol. The minimum atomic E-state index is -3.36. The van der Waals surface area contributed by atoms with Crippen molar-refractivity contribution in [2.75, 3.05) is 30.1 Å². The maximum atomic E-state index is 12.4. The van der Waals surface area contributed by atoms with Gasteiger partial charge in [-0.15, -0.1) is 6.42 Å². The Labute approximate surface area is 182 Å². The quantitative estimate of drug-likeness (QED) is 0.244. The molecule has 3 aromatic carbocycles. The van der Waals surface area contributed by atoms with Crippen molar-refractivity contribution in [1.29, 1.82) is 0 Å². The van der Waals surface area contributed by atoms with E-state index in [1.54, 1.807) is 31.2 Å². The van der Waals surface area contributed by atoms with Gasteiger partial charge in [0.05, 0.1) is 6.61 Å². The van der Waals surface area contributed by atoms with E-state index in [0.717, 1.165) is 11.1 Å². The summed E-state index contributed by atoms with van der Waals surface area (Å²) in [4.78, 5) is 12.4. The van der Waals surface area contributed by atoms with Crippen LogP contribution < -0.4 is 15.7 Å². The Morgan fingerprint density at radius 1 is 1.03 bits per heavy atom. The molecule has 0 aliphatic carbocycles. The molecule has 1 unspecified atom stereocenters. The fourth-order valence-corrected chi connectivity index (χ4v) is 4.30. The van der Waals surface area contributed by atoms with Crippen molar-refractivity contribution in [3.05, 3.63) is 71.8 Å². The maximum Gasteiger partial charge on any atom is 0.367 e. The van der Waals surface area contributed by atoms with Crippen LogP contribution in [-0.2, 0) is 9.09 Å². The molecule has 0 bridgehead atoms. The van der Waals surface area contributed by atoms with Crippen LogP contribution in [0.25, 0.3) is 10.8 Å². The molecule has 3 N–H and O–H groups in total. The van der Waals surface area contributed by atoms with Gasteiger partial charge in [-0.05, 0) is 55.1 Å². The summed E-state index contributed by atoms with van der Waals surface area (Å²) < 4.78 is 17.4. The SMILES string of the molecule is C#CP(=O)(Nc1ccc(C(=O)NCCNc2cccc3c(C)cccc23)cc1)OCC. The first-order valence-corrected chi connectivity index (χ1v) is 11.7. The van der Waals surface area contributed by atoms with Crippen molar-refractivity contribution in [3.63, 3.8) is 0 Å². The Morgan fingerprint density at radius 3 is 2.45 bits per heavy atom. The Morgan fingerprint density at radius 2 is 1.74 bits per heavy atom. The Kier molecular flexibility index (Phi) is 7.36. The van der Waals surface area contributed by atoms with Gasteiger partial charge in [-0.3, -0.25) is 9.36 Å². The van der Waals surface area contributed by atoms with Crippen LogP contribution in [0.1, 0.15) is 22.8 Å².